The van der Waals surface area contributed by atoms with E-state index in [1.54, 1.807) is 6.92 Å². The van der Waals surface area contributed by atoms with Crippen molar-refractivity contribution in [2.24, 2.45) is 5.73 Å². The maximum atomic E-state index is 13.6. The summed E-state index contributed by atoms with van der Waals surface area (Å²) in [6.45, 7) is 1.57. The Hall–Kier alpha value is -3.55. The molecule has 12 nitrogen and oxygen atoms in total. The summed E-state index contributed by atoms with van der Waals surface area (Å²) in [7, 11) is 1.32. The third-order valence-electron chi connectivity index (χ3n) is 7.54. The minimum absolute atomic E-state index is 0.00250. The van der Waals surface area contributed by atoms with Gasteiger partial charge in [-0.1, -0.05) is 12.1 Å². The molecule has 202 valence electrons. The van der Waals surface area contributed by atoms with Gasteiger partial charge in [-0.15, -0.1) is 0 Å². The Balaban J connectivity index is 1.68. The van der Waals surface area contributed by atoms with Gasteiger partial charge in [0.05, 0.1) is 42.1 Å². The zero-order valence-electron chi connectivity index (χ0n) is 20.5. The van der Waals surface area contributed by atoms with E-state index in [-0.39, 0.29) is 34.4 Å². The summed E-state index contributed by atoms with van der Waals surface area (Å²) in [4.78, 5) is 39.1. The molecule has 0 radical (unpaired) electrons. The lowest BCUT2D eigenvalue weighted by atomic mass is 9.73. The molecule has 2 aromatic carbocycles. The monoisotopic (exact) mass is 529 g/mol. The van der Waals surface area contributed by atoms with Gasteiger partial charge in [0.1, 0.15) is 17.2 Å². The van der Waals surface area contributed by atoms with Crippen molar-refractivity contribution in [1.82, 2.24) is 0 Å². The number of ketones is 2. The Morgan fingerprint density at radius 3 is 2.45 bits per heavy atom. The molecule has 6 atom stereocenters. The second kappa shape index (κ2) is 9.03. The second-order valence-electron chi connectivity index (χ2n) is 9.88. The molecule has 0 amide bonds. The van der Waals surface area contributed by atoms with E-state index in [2.05, 4.69) is 0 Å². The molecule has 3 aliphatic rings. The molecule has 1 saturated heterocycles. The number of aliphatic hydroxyl groups is 2. The van der Waals surface area contributed by atoms with Crippen molar-refractivity contribution in [3.05, 3.63) is 51.6 Å². The number of rotatable bonds is 4. The Morgan fingerprint density at radius 1 is 1.13 bits per heavy atom. The van der Waals surface area contributed by atoms with Crippen LogP contribution in [0.5, 0.6) is 17.2 Å². The number of aromatic hydroxyl groups is 2. The molecular weight excluding hydrogens is 502 g/mol. The smallest absolute Gasteiger partial charge is 0.336 e. The highest BCUT2D eigenvalue weighted by Gasteiger charge is 2.50. The first-order valence-corrected chi connectivity index (χ1v) is 12.0. The predicted octanol–water partition coefficient (Wildman–Crippen LogP) is 0.524. The Morgan fingerprint density at radius 2 is 1.82 bits per heavy atom. The number of aliphatic hydroxyl groups excluding tert-OH is 1. The Kier molecular flexibility index (Phi) is 6.20. The van der Waals surface area contributed by atoms with E-state index in [0.29, 0.717) is 0 Å². The molecule has 0 unspecified atom stereocenters. The van der Waals surface area contributed by atoms with E-state index in [1.807, 2.05) is 0 Å². The van der Waals surface area contributed by atoms with Gasteiger partial charge in [-0.2, -0.15) is 0 Å². The molecule has 1 fully saturated rings. The number of carbonyl (C=O) groups is 3. The standard InChI is InChI=1S/C26H27NO11/c1-9-20(28)12(27)6-15(37-9)38-14-8-26(35,25(33)34)7-11-17(14)24(32)19-18(22(11)30)21(29)10-4-3-5-13(36-2)16(10)23(19)31/h3-5,9,12,14-15,20,28,30,32,35H,6-8,27H2,1-2H3,(H,33,34)/t9-,12-,14-,15-,20+,26-/m0/s1. The van der Waals surface area contributed by atoms with Crippen LogP contribution in [0, 0.1) is 0 Å². The molecule has 38 heavy (non-hydrogen) atoms. The minimum Gasteiger partial charge on any atom is -0.507 e. The summed E-state index contributed by atoms with van der Waals surface area (Å²) in [6.07, 6.45) is -5.42. The van der Waals surface area contributed by atoms with Gasteiger partial charge in [0, 0.05) is 42.0 Å². The predicted molar refractivity (Wildman–Crippen MR) is 127 cm³/mol. The van der Waals surface area contributed by atoms with Crippen molar-refractivity contribution >= 4 is 17.5 Å². The van der Waals surface area contributed by atoms with Gasteiger partial charge < -0.3 is 45.5 Å². The highest BCUT2D eigenvalue weighted by Crippen LogP contribution is 2.52. The van der Waals surface area contributed by atoms with Gasteiger partial charge in [0.25, 0.3) is 0 Å². The number of fused-ring (bicyclic) bond motifs is 3. The van der Waals surface area contributed by atoms with Crippen LogP contribution in [0.15, 0.2) is 18.2 Å². The number of carbonyl (C=O) groups excluding carboxylic acids is 2. The number of hydrogen-bond donors (Lipinski definition) is 6. The molecule has 2 aromatic rings. The summed E-state index contributed by atoms with van der Waals surface area (Å²) in [6, 6.07) is 3.60. The lowest BCUT2D eigenvalue weighted by Gasteiger charge is -2.41. The van der Waals surface area contributed by atoms with Crippen molar-refractivity contribution in [3.8, 4) is 17.2 Å². The van der Waals surface area contributed by atoms with Gasteiger partial charge in [-0.05, 0) is 13.0 Å². The van der Waals surface area contributed by atoms with Gasteiger partial charge in [-0.3, -0.25) is 9.59 Å². The topological polar surface area (TPSA) is 206 Å². The third kappa shape index (κ3) is 3.76. The fourth-order valence-electron chi connectivity index (χ4n) is 5.55. The lowest BCUT2D eigenvalue weighted by Crippen LogP contribution is -2.52. The number of aliphatic carboxylic acids is 1. The number of nitrogens with two attached hydrogens (primary N) is 1. The highest BCUT2D eigenvalue weighted by atomic mass is 16.7. The molecule has 0 saturated carbocycles. The molecule has 1 aliphatic heterocycles. The fourth-order valence-corrected chi connectivity index (χ4v) is 5.55. The highest BCUT2D eigenvalue weighted by molar-refractivity contribution is 6.31. The van der Waals surface area contributed by atoms with Gasteiger partial charge in [-0.25, -0.2) is 4.79 Å². The maximum Gasteiger partial charge on any atom is 0.336 e. The Bertz CT molecular complexity index is 1360. The van der Waals surface area contributed by atoms with Crippen LogP contribution in [0.2, 0.25) is 0 Å². The van der Waals surface area contributed by atoms with E-state index in [1.165, 1.54) is 25.3 Å². The minimum atomic E-state index is -2.44. The molecule has 5 rings (SSSR count). The first-order chi connectivity index (χ1) is 17.9. The van der Waals surface area contributed by atoms with Crippen LogP contribution in [-0.4, -0.2) is 80.3 Å². The van der Waals surface area contributed by atoms with E-state index in [4.69, 9.17) is 19.9 Å². The first-order valence-electron chi connectivity index (χ1n) is 12.0. The summed E-state index contributed by atoms with van der Waals surface area (Å²) in [5.41, 5.74) is 1.98. The van der Waals surface area contributed by atoms with Crippen LogP contribution < -0.4 is 10.5 Å². The molecule has 0 spiro atoms. The van der Waals surface area contributed by atoms with E-state index >= 15 is 0 Å². The number of hydrogen-bond acceptors (Lipinski definition) is 11. The van der Waals surface area contributed by atoms with Crippen molar-refractivity contribution in [3.63, 3.8) is 0 Å². The van der Waals surface area contributed by atoms with Crippen LogP contribution in [0.1, 0.15) is 68.8 Å². The molecule has 0 aromatic heterocycles. The zero-order valence-corrected chi connectivity index (χ0v) is 20.5. The first kappa shape index (κ1) is 26.1. The van der Waals surface area contributed by atoms with Crippen molar-refractivity contribution in [2.45, 2.75) is 62.4 Å². The zero-order chi connectivity index (χ0) is 27.7. The normalized spacial score (nSPS) is 30.3. The van der Waals surface area contributed by atoms with E-state index < -0.39 is 89.2 Å². The number of methoxy groups -OCH3 is 1. The van der Waals surface area contributed by atoms with Crippen molar-refractivity contribution < 1.29 is 54.1 Å². The summed E-state index contributed by atoms with van der Waals surface area (Å²) in [5.74, 6) is -4.52. The number of ether oxygens (including phenoxy) is 3. The van der Waals surface area contributed by atoms with Crippen LogP contribution in [0.3, 0.4) is 0 Å². The third-order valence-corrected chi connectivity index (χ3v) is 7.54. The Labute approximate surface area is 216 Å². The quantitative estimate of drug-likeness (QED) is 0.256. The molecular formula is C26H27NO11. The van der Waals surface area contributed by atoms with Gasteiger partial charge in [0.15, 0.2) is 17.7 Å². The van der Waals surface area contributed by atoms with Crippen molar-refractivity contribution in [2.75, 3.05) is 7.11 Å². The molecule has 7 N–H and O–H groups in total. The molecule has 1 heterocycles. The number of phenols is 2. The van der Waals surface area contributed by atoms with E-state index in [9.17, 15) is 39.9 Å². The summed E-state index contributed by atoms with van der Waals surface area (Å²) < 4.78 is 16.9. The SMILES string of the molecule is COc1cccc2c1C(=O)c1c(O)c3c(c(O)c1C2=O)C[C@@](O)(C(=O)O)C[C@@H]3O[C@H]1C[C@H](N)[C@H](O)[C@H](C)O1. The van der Waals surface area contributed by atoms with Crippen LogP contribution in [0.25, 0.3) is 0 Å². The fraction of sp³-hybridized carbons (Fsp3) is 0.423. The number of carboxylic acid groups (broad SMARTS) is 1. The van der Waals surface area contributed by atoms with Crippen LogP contribution >= 0.6 is 0 Å². The van der Waals surface area contributed by atoms with Gasteiger partial charge in [0.2, 0.25) is 5.78 Å². The molecule has 0 bridgehead atoms. The second-order valence-corrected chi connectivity index (χ2v) is 9.88. The van der Waals surface area contributed by atoms with E-state index in [0.717, 1.165) is 0 Å². The number of carboxylic acids is 1. The largest absolute Gasteiger partial charge is 0.507 e. The average molecular weight is 529 g/mol. The number of benzene rings is 2. The van der Waals surface area contributed by atoms with Crippen LogP contribution in [-0.2, 0) is 20.7 Å². The lowest BCUT2D eigenvalue weighted by molar-refractivity contribution is -0.248. The van der Waals surface area contributed by atoms with Crippen LogP contribution in [0.4, 0.5) is 0 Å². The summed E-state index contributed by atoms with van der Waals surface area (Å²) in [5, 5.41) is 53.5. The summed E-state index contributed by atoms with van der Waals surface area (Å²) >= 11 is 0. The molecule has 12 heteroatoms. The maximum absolute atomic E-state index is 13.6. The average Bonchev–Trinajstić information content (AvgIpc) is 2.87. The molecule has 2 aliphatic carbocycles. The van der Waals surface area contributed by atoms with Gasteiger partial charge >= 0.3 is 5.97 Å². The number of phenolic OH excluding ortho intramolecular Hbond substituents is 2. The van der Waals surface area contributed by atoms with Crippen molar-refractivity contribution in [1.29, 1.82) is 0 Å².